The molecule has 0 saturated carbocycles. The normalized spacial score (nSPS) is 12.0. The summed E-state index contributed by atoms with van der Waals surface area (Å²) in [4.78, 5) is 21.9. The first-order valence-corrected chi connectivity index (χ1v) is 7.77. The smallest absolute Gasteiger partial charge is 0.373 e. The lowest BCUT2D eigenvalue weighted by atomic mass is 10.0. The molecule has 0 fully saturated rings. The molecule has 4 heteroatoms. The number of unbranched alkanes of at least 4 members (excludes halogenated alkanes) is 1. The van der Waals surface area contributed by atoms with E-state index < -0.39 is 5.97 Å². The fourth-order valence-electron chi connectivity index (χ4n) is 2.01. The molecule has 0 amide bonds. The van der Waals surface area contributed by atoms with Gasteiger partial charge in [0.2, 0.25) is 0 Å². The molecule has 1 atom stereocenters. The monoisotopic (exact) mass is 294 g/mol. The molecule has 1 rings (SSSR count). The summed E-state index contributed by atoms with van der Waals surface area (Å²) >= 11 is 0. The van der Waals surface area contributed by atoms with E-state index >= 15 is 0 Å². The number of benzene rings is 1. The Kier molecular flexibility index (Phi) is 8.51. The topological polar surface area (TPSA) is 44.8 Å². The molecule has 0 spiro atoms. The van der Waals surface area contributed by atoms with E-state index in [0.29, 0.717) is 30.4 Å². The van der Waals surface area contributed by atoms with E-state index in [4.69, 9.17) is 14.5 Å². The maximum atomic E-state index is 11.9. The minimum atomic E-state index is -0.484. The van der Waals surface area contributed by atoms with Crippen LogP contribution in [0, 0.1) is 5.92 Å². The Bertz CT molecular complexity index is 417. The van der Waals surface area contributed by atoms with Gasteiger partial charge in [0.05, 0.1) is 18.8 Å². The standard InChI is InChI=1S/C17H26O4/c1-4-7-9-14(5-2)13-20-21-17(18)15-10-8-11-16(12-15)19-6-3/h8,10-12,14H,4-7,9,13H2,1-3H3. The molecule has 1 aromatic rings. The fraction of sp³-hybridized carbons (Fsp3) is 0.588. The third-order valence-corrected chi connectivity index (χ3v) is 3.36. The van der Waals surface area contributed by atoms with E-state index in [1.54, 1.807) is 24.3 Å². The molecule has 0 aromatic heterocycles. The van der Waals surface area contributed by atoms with Gasteiger partial charge in [-0.3, -0.25) is 4.89 Å². The highest BCUT2D eigenvalue weighted by Gasteiger charge is 2.12. The van der Waals surface area contributed by atoms with Gasteiger partial charge in [-0.15, -0.1) is 0 Å². The Balaban J connectivity index is 2.40. The van der Waals surface area contributed by atoms with Crippen molar-refractivity contribution in [3.8, 4) is 5.75 Å². The van der Waals surface area contributed by atoms with Crippen LogP contribution in [-0.2, 0) is 9.78 Å². The van der Waals surface area contributed by atoms with Gasteiger partial charge in [-0.05, 0) is 37.5 Å². The highest BCUT2D eigenvalue weighted by atomic mass is 17.2. The molecule has 118 valence electrons. The molecule has 1 aromatic carbocycles. The summed E-state index contributed by atoms with van der Waals surface area (Å²) in [5.41, 5.74) is 0.433. The Morgan fingerprint density at radius 3 is 2.71 bits per heavy atom. The quantitative estimate of drug-likeness (QED) is 0.474. The Hall–Kier alpha value is -1.55. The molecular formula is C17H26O4. The molecule has 1 unspecified atom stereocenters. The molecule has 0 aliphatic rings. The number of hydrogen-bond acceptors (Lipinski definition) is 4. The fourth-order valence-corrected chi connectivity index (χ4v) is 2.01. The lowest BCUT2D eigenvalue weighted by molar-refractivity contribution is -0.249. The van der Waals surface area contributed by atoms with Crippen LogP contribution in [0.5, 0.6) is 5.75 Å². The van der Waals surface area contributed by atoms with E-state index in [-0.39, 0.29) is 0 Å². The van der Waals surface area contributed by atoms with Crippen LogP contribution >= 0.6 is 0 Å². The number of rotatable bonds is 10. The first kappa shape index (κ1) is 17.5. The molecule has 0 saturated heterocycles. The molecule has 21 heavy (non-hydrogen) atoms. The van der Waals surface area contributed by atoms with Gasteiger partial charge in [0.1, 0.15) is 5.75 Å². The third kappa shape index (κ3) is 6.63. The van der Waals surface area contributed by atoms with Crippen LogP contribution in [0.25, 0.3) is 0 Å². The van der Waals surface area contributed by atoms with E-state index in [9.17, 15) is 4.79 Å². The van der Waals surface area contributed by atoms with Crippen molar-refractivity contribution in [2.45, 2.75) is 46.5 Å². The lowest BCUT2D eigenvalue weighted by Gasteiger charge is -2.13. The second kappa shape index (κ2) is 10.2. The van der Waals surface area contributed by atoms with Crippen molar-refractivity contribution in [3.05, 3.63) is 29.8 Å². The van der Waals surface area contributed by atoms with Crippen LogP contribution in [0.4, 0.5) is 0 Å². The molecule has 0 aliphatic heterocycles. The van der Waals surface area contributed by atoms with Crippen molar-refractivity contribution in [2.24, 2.45) is 5.92 Å². The summed E-state index contributed by atoms with van der Waals surface area (Å²) in [7, 11) is 0. The van der Waals surface area contributed by atoms with Crippen molar-refractivity contribution in [3.63, 3.8) is 0 Å². The first-order chi connectivity index (χ1) is 10.2. The van der Waals surface area contributed by atoms with Gasteiger partial charge in [-0.1, -0.05) is 39.2 Å². The van der Waals surface area contributed by atoms with Crippen LogP contribution < -0.4 is 4.74 Å². The Morgan fingerprint density at radius 1 is 1.24 bits per heavy atom. The van der Waals surface area contributed by atoms with Gasteiger partial charge in [-0.25, -0.2) is 4.79 Å². The van der Waals surface area contributed by atoms with Crippen LogP contribution in [0.3, 0.4) is 0 Å². The van der Waals surface area contributed by atoms with Gasteiger partial charge in [-0.2, -0.15) is 4.89 Å². The molecule has 0 N–H and O–H groups in total. The van der Waals surface area contributed by atoms with E-state index in [0.717, 1.165) is 12.8 Å². The lowest BCUT2D eigenvalue weighted by Crippen LogP contribution is -2.13. The number of carbonyl (C=O) groups excluding carboxylic acids is 1. The third-order valence-electron chi connectivity index (χ3n) is 3.36. The van der Waals surface area contributed by atoms with Crippen molar-refractivity contribution in [1.29, 1.82) is 0 Å². The summed E-state index contributed by atoms with van der Waals surface area (Å²) in [5, 5.41) is 0. The molecule has 4 nitrogen and oxygen atoms in total. The van der Waals surface area contributed by atoms with Crippen molar-refractivity contribution < 1.29 is 19.3 Å². The molecular weight excluding hydrogens is 268 g/mol. The van der Waals surface area contributed by atoms with Crippen LogP contribution in [-0.4, -0.2) is 19.2 Å². The number of hydrogen-bond donors (Lipinski definition) is 0. The van der Waals surface area contributed by atoms with Gasteiger partial charge in [0, 0.05) is 0 Å². The second-order valence-corrected chi connectivity index (χ2v) is 5.03. The van der Waals surface area contributed by atoms with Crippen molar-refractivity contribution in [1.82, 2.24) is 0 Å². The predicted octanol–water partition coefficient (Wildman–Crippen LogP) is 4.39. The summed E-state index contributed by atoms with van der Waals surface area (Å²) in [6, 6.07) is 6.91. The molecule has 0 bridgehead atoms. The number of carbonyl (C=O) groups is 1. The Morgan fingerprint density at radius 2 is 2.05 bits per heavy atom. The predicted molar refractivity (Wildman–Crippen MR) is 82.3 cm³/mol. The SMILES string of the molecule is CCCCC(CC)COOC(=O)c1cccc(OCC)c1. The molecule has 0 radical (unpaired) electrons. The highest BCUT2D eigenvalue weighted by molar-refractivity contribution is 5.89. The summed E-state index contributed by atoms with van der Waals surface area (Å²) < 4.78 is 5.35. The zero-order valence-corrected chi connectivity index (χ0v) is 13.3. The van der Waals surface area contributed by atoms with Gasteiger partial charge >= 0.3 is 5.97 Å². The maximum Gasteiger partial charge on any atom is 0.373 e. The van der Waals surface area contributed by atoms with Crippen LogP contribution in [0.2, 0.25) is 0 Å². The number of ether oxygens (including phenoxy) is 1. The van der Waals surface area contributed by atoms with E-state index in [1.807, 2.05) is 6.92 Å². The molecule has 0 aliphatic carbocycles. The van der Waals surface area contributed by atoms with Crippen LogP contribution in [0.1, 0.15) is 56.8 Å². The summed E-state index contributed by atoms with van der Waals surface area (Å²) in [5.74, 6) is 0.607. The van der Waals surface area contributed by atoms with E-state index in [1.165, 1.54) is 12.8 Å². The highest BCUT2D eigenvalue weighted by Crippen LogP contribution is 2.16. The largest absolute Gasteiger partial charge is 0.494 e. The van der Waals surface area contributed by atoms with Gasteiger partial charge in [0.25, 0.3) is 0 Å². The summed E-state index contributed by atoms with van der Waals surface area (Å²) in [6.07, 6.45) is 4.47. The van der Waals surface area contributed by atoms with Gasteiger partial charge in [0.15, 0.2) is 0 Å². The van der Waals surface area contributed by atoms with Crippen molar-refractivity contribution >= 4 is 5.97 Å². The zero-order valence-electron chi connectivity index (χ0n) is 13.3. The minimum Gasteiger partial charge on any atom is -0.494 e. The Labute approximate surface area is 127 Å². The zero-order chi connectivity index (χ0) is 15.5. The minimum absolute atomic E-state index is 0.433. The van der Waals surface area contributed by atoms with Crippen LogP contribution in [0.15, 0.2) is 24.3 Å². The van der Waals surface area contributed by atoms with Gasteiger partial charge < -0.3 is 4.74 Å². The molecule has 0 heterocycles. The second-order valence-electron chi connectivity index (χ2n) is 5.03. The first-order valence-electron chi connectivity index (χ1n) is 7.77. The average Bonchev–Trinajstić information content (AvgIpc) is 2.51. The maximum absolute atomic E-state index is 11.9. The van der Waals surface area contributed by atoms with E-state index in [2.05, 4.69) is 13.8 Å². The average molecular weight is 294 g/mol. The van der Waals surface area contributed by atoms with Crippen molar-refractivity contribution in [2.75, 3.05) is 13.2 Å². The summed E-state index contributed by atoms with van der Waals surface area (Å²) in [6.45, 7) is 7.20.